The van der Waals surface area contributed by atoms with Crippen molar-refractivity contribution < 1.29 is 0 Å². The summed E-state index contributed by atoms with van der Waals surface area (Å²) in [6.45, 7) is 1.99. The highest BCUT2D eigenvalue weighted by atomic mass is 32.1. The number of benzene rings is 1. The molecule has 1 aromatic carbocycles. The average Bonchev–Trinajstić information content (AvgIpc) is 2.03. The van der Waals surface area contributed by atoms with Crippen molar-refractivity contribution in [1.82, 2.24) is 0 Å². The molecule has 1 nitrogen and oxygen atoms in total. The van der Waals surface area contributed by atoms with E-state index in [1.54, 1.807) is 7.05 Å². The first-order chi connectivity index (χ1) is 5.24. The van der Waals surface area contributed by atoms with Gasteiger partial charge in [-0.05, 0) is 24.6 Å². The molecule has 0 heterocycles. The van der Waals surface area contributed by atoms with Crippen LogP contribution in [0.3, 0.4) is 0 Å². The van der Waals surface area contributed by atoms with Gasteiger partial charge in [-0.25, -0.2) is 0 Å². The molecule has 0 fully saturated rings. The first kappa shape index (κ1) is 8.34. The minimum absolute atomic E-state index is 0.977. The summed E-state index contributed by atoms with van der Waals surface area (Å²) in [5.41, 5.74) is 2.18. The van der Waals surface area contributed by atoms with Gasteiger partial charge in [-0.15, -0.1) is 12.6 Å². The molecule has 0 N–H and O–H groups in total. The van der Waals surface area contributed by atoms with Crippen LogP contribution in [0.2, 0.25) is 0 Å². The molecule has 0 aliphatic carbocycles. The summed E-state index contributed by atoms with van der Waals surface area (Å²) in [7, 11) is 1.79. The number of hydrogen-bond donors (Lipinski definition) is 1. The highest BCUT2D eigenvalue weighted by molar-refractivity contribution is 7.80. The van der Waals surface area contributed by atoms with Crippen molar-refractivity contribution in [3.8, 4) is 0 Å². The van der Waals surface area contributed by atoms with E-state index in [0.717, 1.165) is 16.2 Å². The van der Waals surface area contributed by atoms with Crippen molar-refractivity contribution in [3.63, 3.8) is 0 Å². The van der Waals surface area contributed by atoms with Gasteiger partial charge in [0.1, 0.15) is 0 Å². The maximum Gasteiger partial charge on any atom is 0.0386 e. The van der Waals surface area contributed by atoms with Gasteiger partial charge < -0.3 is 0 Å². The summed E-state index contributed by atoms with van der Waals surface area (Å²) in [4.78, 5) is 5.06. The molecule has 0 bridgehead atoms. The molecule has 0 saturated carbocycles. The van der Waals surface area contributed by atoms with E-state index in [1.807, 2.05) is 31.2 Å². The normalized spacial score (nSPS) is 11.7. The van der Waals surface area contributed by atoms with Crippen molar-refractivity contribution >= 4 is 18.3 Å². The Bertz CT molecular complexity index is 279. The van der Waals surface area contributed by atoms with Crippen LogP contribution in [0.25, 0.3) is 0 Å². The smallest absolute Gasteiger partial charge is 0.0386 e. The Labute approximate surface area is 72.6 Å². The molecular formula is C9H11NS. The lowest BCUT2D eigenvalue weighted by Crippen LogP contribution is -1.92. The minimum atomic E-state index is 0.977. The quantitative estimate of drug-likeness (QED) is 0.484. The molecule has 0 saturated heterocycles. The maximum atomic E-state index is 4.23. The van der Waals surface area contributed by atoms with Crippen LogP contribution < -0.4 is 0 Å². The Hall–Kier alpha value is -0.760. The maximum absolute atomic E-state index is 4.23. The number of rotatable bonds is 1. The molecule has 1 rings (SSSR count). The van der Waals surface area contributed by atoms with Crippen molar-refractivity contribution in [2.45, 2.75) is 11.8 Å². The summed E-state index contributed by atoms with van der Waals surface area (Å²) in [6, 6.07) is 7.97. The number of hydrogen-bond acceptors (Lipinski definition) is 2. The van der Waals surface area contributed by atoms with Crippen molar-refractivity contribution in [2.24, 2.45) is 4.99 Å². The first-order valence-corrected chi connectivity index (χ1v) is 3.91. The predicted molar refractivity (Wildman–Crippen MR) is 51.8 cm³/mol. The SMILES string of the molecule is C/N=C(\C)c1cccc(S)c1. The molecule has 0 aliphatic heterocycles. The molecule has 1 aromatic rings. The number of aliphatic imine (C=N–C) groups is 1. The number of nitrogens with zero attached hydrogens (tertiary/aromatic N) is 1. The minimum Gasteiger partial charge on any atom is -0.293 e. The fourth-order valence-electron chi connectivity index (χ4n) is 0.860. The van der Waals surface area contributed by atoms with E-state index < -0.39 is 0 Å². The zero-order valence-corrected chi connectivity index (χ0v) is 7.60. The fraction of sp³-hybridized carbons (Fsp3) is 0.222. The van der Waals surface area contributed by atoms with E-state index in [0.29, 0.717) is 0 Å². The Kier molecular flexibility index (Phi) is 2.71. The summed E-state index contributed by atoms with van der Waals surface area (Å²) < 4.78 is 0. The molecular weight excluding hydrogens is 154 g/mol. The zero-order chi connectivity index (χ0) is 8.27. The third-order valence-corrected chi connectivity index (χ3v) is 1.88. The van der Waals surface area contributed by atoms with Gasteiger partial charge in [-0.3, -0.25) is 4.99 Å². The molecule has 2 heteroatoms. The van der Waals surface area contributed by atoms with Crippen molar-refractivity contribution in [1.29, 1.82) is 0 Å². The van der Waals surface area contributed by atoms with Gasteiger partial charge in [0.05, 0.1) is 0 Å². The van der Waals surface area contributed by atoms with Crippen LogP contribution in [-0.2, 0) is 0 Å². The third-order valence-electron chi connectivity index (χ3n) is 1.60. The average molecular weight is 165 g/mol. The lowest BCUT2D eigenvalue weighted by atomic mass is 10.1. The van der Waals surface area contributed by atoms with E-state index in [2.05, 4.69) is 17.6 Å². The van der Waals surface area contributed by atoms with Crippen LogP contribution in [0.1, 0.15) is 12.5 Å². The van der Waals surface area contributed by atoms with Crippen molar-refractivity contribution in [2.75, 3.05) is 7.05 Å². The van der Waals surface area contributed by atoms with E-state index in [4.69, 9.17) is 0 Å². The Morgan fingerprint density at radius 1 is 1.45 bits per heavy atom. The fourth-order valence-corrected chi connectivity index (χ4v) is 1.09. The lowest BCUT2D eigenvalue weighted by molar-refractivity contribution is 1.38. The molecule has 0 amide bonds. The highest BCUT2D eigenvalue weighted by Gasteiger charge is 1.94. The summed E-state index contributed by atoms with van der Waals surface area (Å²) in [5.74, 6) is 0. The van der Waals surface area contributed by atoms with Crippen LogP contribution in [-0.4, -0.2) is 12.8 Å². The predicted octanol–water partition coefficient (Wildman–Crippen LogP) is 2.41. The largest absolute Gasteiger partial charge is 0.293 e. The summed E-state index contributed by atoms with van der Waals surface area (Å²) >= 11 is 4.23. The molecule has 0 aliphatic rings. The first-order valence-electron chi connectivity index (χ1n) is 3.47. The van der Waals surface area contributed by atoms with E-state index >= 15 is 0 Å². The third kappa shape index (κ3) is 2.09. The lowest BCUT2D eigenvalue weighted by Gasteiger charge is -1.99. The van der Waals surface area contributed by atoms with Crippen LogP contribution in [0.15, 0.2) is 34.2 Å². The second-order valence-corrected chi connectivity index (χ2v) is 2.88. The zero-order valence-electron chi connectivity index (χ0n) is 6.70. The van der Waals surface area contributed by atoms with Gasteiger partial charge in [0.25, 0.3) is 0 Å². The Morgan fingerprint density at radius 3 is 2.73 bits per heavy atom. The molecule has 0 radical (unpaired) electrons. The van der Waals surface area contributed by atoms with Gasteiger partial charge in [-0.1, -0.05) is 12.1 Å². The second-order valence-electron chi connectivity index (χ2n) is 2.36. The van der Waals surface area contributed by atoms with E-state index in [9.17, 15) is 0 Å². The van der Waals surface area contributed by atoms with Gasteiger partial charge in [-0.2, -0.15) is 0 Å². The molecule has 0 spiro atoms. The monoisotopic (exact) mass is 165 g/mol. The second kappa shape index (κ2) is 3.58. The van der Waals surface area contributed by atoms with Crippen LogP contribution in [0.4, 0.5) is 0 Å². The van der Waals surface area contributed by atoms with E-state index in [-0.39, 0.29) is 0 Å². The van der Waals surface area contributed by atoms with Gasteiger partial charge in [0.15, 0.2) is 0 Å². The van der Waals surface area contributed by atoms with Crippen molar-refractivity contribution in [3.05, 3.63) is 29.8 Å². The molecule has 0 aromatic heterocycles. The topological polar surface area (TPSA) is 12.4 Å². The highest BCUT2D eigenvalue weighted by Crippen LogP contribution is 2.09. The van der Waals surface area contributed by atoms with Crippen LogP contribution >= 0.6 is 12.6 Å². The Balaban J connectivity index is 3.06. The van der Waals surface area contributed by atoms with Crippen LogP contribution in [0.5, 0.6) is 0 Å². The molecule has 11 heavy (non-hydrogen) atoms. The molecule has 58 valence electrons. The molecule has 0 atom stereocenters. The van der Waals surface area contributed by atoms with E-state index in [1.165, 1.54) is 0 Å². The number of thiol groups is 1. The van der Waals surface area contributed by atoms with Gasteiger partial charge >= 0.3 is 0 Å². The summed E-state index contributed by atoms with van der Waals surface area (Å²) in [6.07, 6.45) is 0. The van der Waals surface area contributed by atoms with Gasteiger partial charge in [0, 0.05) is 17.7 Å². The van der Waals surface area contributed by atoms with Gasteiger partial charge in [0.2, 0.25) is 0 Å². The van der Waals surface area contributed by atoms with Crippen LogP contribution in [0, 0.1) is 0 Å². The Morgan fingerprint density at radius 2 is 2.18 bits per heavy atom. The standard InChI is InChI=1S/C9H11NS/c1-7(10-2)8-4-3-5-9(11)6-8/h3-6,11H,1-2H3/b10-7+. The summed E-state index contributed by atoms with van der Waals surface area (Å²) in [5, 5.41) is 0. The molecule has 0 unspecified atom stereocenters.